The highest BCUT2D eigenvalue weighted by Crippen LogP contribution is 2.07. The van der Waals surface area contributed by atoms with Crippen LogP contribution in [-0.4, -0.2) is 24.6 Å². The van der Waals surface area contributed by atoms with E-state index in [0.29, 0.717) is 25.9 Å². The Morgan fingerprint density at radius 2 is 1.36 bits per heavy atom. The predicted molar refractivity (Wildman–Crippen MR) is 88.6 cm³/mol. The Hall–Kier alpha value is -1.06. The van der Waals surface area contributed by atoms with Crippen LogP contribution in [0.3, 0.4) is 0 Å². The maximum absolute atomic E-state index is 11.6. The molecule has 0 aromatic carbocycles. The van der Waals surface area contributed by atoms with Gasteiger partial charge in [0.1, 0.15) is 6.10 Å². The summed E-state index contributed by atoms with van der Waals surface area (Å²) in [6.45, 7) is 6.46. The smallest absolute Gasteiger partial charge is 0.306 e. The number of hydrogen-bond donors (Lipinski definition) is 0. The summed E-state index contributed by atoms with van der Waals surface area (Å²) in [7, 11) is 0. The lowest BCUT2D eigenvalue weighted by molar-refractivity contribution is -0.150. The van der Waals surface area contributed by atoms with Crippen LogP contribution in [0.2, 0.25) is 0 Å². The fourth-order valence-corrected chi connectivity index (χ4v) is 2.15. The lowest BCUT2D eigenvalue weighted by Gasteiger charge is -2.13. The summed E-state index contributed by atoms with van der Waals surface area (Å²) in [4.78, 5) is 23.1. The number of hydrogen-bond acceptors (Lipinski definition) is 4. The van der Waals surface area contributed by atoms with Crippen molar-refractivity contribution >= 4 is 11.9 Å². The minimum absolute atomic E-state index is 0.144. The summed E-state index contributed by atoms with van der Waals surface area (Å²) >= 11 is 0. The Morgan fingerprint density at radius 3 is 1.91 bits per heavy atom. The van der Waals surface area contributed by atoms with Gasteiger partial charge in [-0.3, -0.25) is 9.59 Å². The molecule has 0 saturated heterocycles. The topological polar surface area (TPSA) is 52.6 Å². The van der Waals surface area contributed by atoms with E-state index in [-0.39, 0.29) is 18.0 Å². The summed E-state index contributed by atoms with van der Waals surface area (Å²) in [5.41, 5.74) is 0. The van der Waals surface area contributed by atoms with Crippen LogP contribution in [0.15, 0.2) is 0 Å². The highest BCUT2D eigenvalue weighted by molar-refractivity contribution is 5.69. The number of rotatable bonds is 14. The third-order valence-corrected chi connectivity index (χ3v) is 3.59. The molecule has 0 saturated carbocycles. The number of carbonyl (C=O) groups excluding carboxylic acids is 2. The first-order chi connectivity index (χ1) is 10.6. The first kappa shape index (κ1) is 20.9. The molecule has 4 heteroatoms. The van der Waals surface area contributed by atoms with Crippen LogP contribution in [0.1, 0.15) is 91.4 Å². The molecule has 0 radical (unpaired) electrons. The second-order valence-electron chi connectivity index (χ2n) is 5.93. The lowest BCUT2D eigenvalue weighted by Crippen LogP contribution is -2.18. The molecule has 0 aromatic heterocycles. The van der Waals surface area contributed by atoms with Gasteiger partial charge in [-0.05, 0) is 19.8 Å². The second kappa shape index (κ2) is 14.9. The molecule has 0 bridgehead atoms. The zero-order valence-corrected chi connectivity index (χ0v) is 14.7. The van der Waals surface area contributed by atoms with Crippen molar-refractivity contribution in [2.24, 2.45) is 0 Å². The molecule has 0 aliphatic rings. The van der Waals surface area contributed by atoms with Gasteiger partial charge in [0.2, 0.25) is 0 Å². The van der Waals surface area contributed by atoms with Gasteiger partial charge in [-0.1, -0.05) is 52.4 Å². The normalized spacial score (nSPS) is 12.0. The van der Waals surface area contributed by atoms with Gasteiger partial charge in [0.15, 0.2) is 0 Å². The molecule has 0 fully saturated rings. The zero-order valence-electron chi connectivity index (χ0n) is 14.7. The standard InChI is InChI=1S/C18H34O4/c1-4-6-8-10-12-17(19)21-15-14-16(3)22-18(20)13-11-9-7-5-2/h16H,4-15H2,1-3H3/t16-/m1/s1. The van der Waals surface area contributed by atoms with E-state index in [9.17, 15) is 9.59 Å². The molecule has 0 rings (SSSR count). The molecule has 130 valence electrons. The van der Waals surface area contributed by atoms with Gasteiger partial charge in [-0.2, -0.15) is 0 Å². The second-order valence-corrected chi connectivity index (χ2v) is 5.93. The van der Waals surface area contributed by atoms with Crippen molar-refractivity contribution < 1.29 is 19.1 Å². The fraction of sp³-hybridized carbons (Fsp3) is 0.889. The van der Waals surface area contributed by atoms with E-state index < -0.39 is 0 Å². The van der Waals surface area contributed by atoms with E-state index in [1.165, 1.54) is 6.42 Å². The summed E-state index contributed by atoms with van der Waals surface area (Å²) in [5, 5.41) is 0. The summed E-state index contributed by atoms with van der Waals surface area (Å²) in [5.74, 6) is -0.288. The summed E-state index contributed by atoms with van der Waals surface area (Å²) in [6, 6.07) is 0. The van der Waals surface area contributed by atoms with E-state index in [1.54, 1.807) is 0 Å². The van der Waals surface area contributed by atoms with Crippen molar-refractivity contribution in [1.29, 1.82) is 0 Å². The van der Waals surface area contributed by atoms with Crippen LogP contribution in [0, 0.1) is 0 Å². The fourth-order valence-electron chi connectivity index (χ4n) is 2.15. The van der Waals surface area contributed by atoms with Crippen LogP contribution in [0.4, 0.5) is 0 Å². The highest BCUT2D eigenvalue weighted by atomic mass is 16.6. The summed E-state index contributed by atoms with van der Waals surface area (Å²) in [6.07, 6.45) is 9.97. The predicted octanol–water partition coefficient (Wildman–Crippen LogP) is 4.79. The van der Waals surface area contributed by atoms with E-state index in [2.05, 4.69) is 13.8 Å². The average molecular weight is 314 g/mol. The molecule has 0 spiro atoms. The molecule has 0 unspecified atom stereocenters. The van der Waals surface area contributed by atoms with Gasteiger partial charge in [0.25, 0.3) is 0 Å². The van der Waals surface area contributed by atoms with Gasteiger partial charge in [0, 0.05) is 19.3 Å². The van der Waals surface area contributed by atoms with Crippen molar-refractivity contribution in [2.45, 2.75) is 97.5 Å². The molecule has 0 amide bonds. The molecular formula is C18H34O4. The van der Waals surface area contributed by atoms with Crippen LogP contribution < -0.4 is 0 Å². The Balaban J connectivity index is 3.53. The Bertz CT molecular complexity index is 289. The summed E-state index contributed by atoms with van der Waals surface area (Å²) < 4.78 is 10.5. The Morgan fingerprint density at radius 1 is 0.818 bits per heavy atom. The van der Waals surface area contributed by atoms with Crippen LogP contribution in [0.5, 0.6) is 0 Å². The Kier molecular flexibility index (Phi) is 14.1. The number of ether oxygens (including phenoxy) is 2. The maximum atomic E-state index is 11.6. The van der Waals surface area contributed by atoms with E-state index in [4.69, 9.17) is 9.47 Å². The number of unbranched alkanes of at least 4 members (excludes halogenated alkanes) is 6. The van der Waals surface area contributed by atoms with E-state index in [1.807, 2.05) is 6.92 Å². The van der Waals surface area contributed by atoms with Crippen molar-refractivity contribution in [3.05, 3.63) is 0 Å². The molecule has 0 aliphatic carbocycles. The third kappa shape index (κ3) is 13.9. The van der Waals surface area contributed by atoms with E-state index in [0.717, 1.165) is 44.9 Å². The molecule has 4 nitrogen and oxygen atoms in total. The average Bonchev–Trinajstić information content (AvgIpc) is 2.48. The van der Waals surface area contributed by atoms with Crippen molar-refractivity contribution in [1.82, 2.24) is 0 Å². The van der Waals surface area contributed by atoms with Gasteiger partial charge < -0.3 is 9.47 Å². The third-order valence-electron chi connectivity index (χ3n) is 3.59. The first-order valence-corrected chi connectivity index (χ1v) is 8.95. The molecule has 0 aromatic rings. The lowest BCUT2D eigenvalue weighted by atomic mass is 10.1. The molecule has 0 heterocycles. The van der Waals surface area contributed by atoms with Crippen molar-refractivity contribution in [2.75, 3.05) is 6.61 Å². The van der Waals surface area contributed by atoms with Gasteiger partial charge in [-0.15, -0.1) is 0 Å². The highest BCUT2D eigenvalue weighted by Gasteiger charge is 2.10. The monoisotopic (exact) mass is 314 g/mol. The Labute approximate surface area is 135 Å². The maximum Gasteiger partial charge on any atom is 0.306 e. The first-order valence-electron chi connectivity index (χ1n) is 8.95. The van der Waals surface area contributed by atoms with Crippen LogP contribution in [-0.2, 0) is 19.1 Å². The zero-order chi connectivity index (χ0) is 16.6. The van der Waals surface area contributed by atoms with E-state index >= 15 is 0 Å². The largest absolute Gasteiger partial charge is 0.466 e. The van der Waals surface area contributed by atoms with Gasteiger partial charge in [0.05, 0.1) is 6.61 Å². The molecular weight excluding hydrogens is 280 g/mol. The van der Waals surface area contributed by atoms with Crippen LogP contribution in [0.25, 0.3) is 0 Å². The quantitative estimate of drug-likeness (QED) is 0.341. The van der Waals surface area contributed by atoms with Gasteiger partial charge in [-0.25, -0.2) is 0 Å². The van der Waals surface area contributed by atoms with Gasteiger partial charge >= 0.3 is 11.9 Å². The minimum Gasteiger partial charge on any atom is -0.466 e. The molecule has 0 N–H and O–H groups in total. The van der Waals surface area contributed by atoms with Crippen molar-refractivity contribution in [3.8, 4) is 0 Å². The SMILES string of the molecule is CCCCCCC(=O)OCC[C@@H](C)OC(=O)CCCCCC. The molecule has 0 aliphatic heterocycles. The number of carbonyl (C=O) groups is 2. The molecule has 22 heavy (non-hydrogen) atoms. The minimum atomic E-state index is -0.188. The molecule has 1 atom stereocenters. The van der Waals surface area contributed by atoms with Crippen molar-refractivity contribution in [3.63, 3.8) is 0 Å². The van der Waals surface area contributed by atoms with Crippen LogP contribution >= 0.6 is 0 Å². The number of esters is 2.